The monoisotopic (exact) mass is 515 g/mol. The summed E-state index contributed by atoms with van der Waals surface area (Å²) in [6, 6.07) is 11.1. The lowest BCUT2D eigenvalue weighted by molar-refractivity contribution is -0.609. The molecule has 0 spiro atoms. The summed E-state index contributed by atoms with van der Waals surface area (Å²) in [5, 5.41) is 24.7. The summed E-state index contributed by atoms with van der Waals surface area (Å²) in [5.41, 5.74) is 1.14. The molecule has 1 amide bonds. The Bertz CT molecular complexity index is 1520. The van der Waals surface area contributed by atoms with Gasteiger partial charge in [-0.2, -0.15) is 5.26 Å². The summed E-state index contributed by atoms with van der Waals surface area (Å²) < 4.78 is 20.4. The Morgan fingerprint density at radius 3 is 2.79 bits per heavy atom. The van der Waals surface area contributed by atoms with E-state index in [1.807, 2.05) is 6.07 Å². The fourth-order valence-corrected chi connectivity index (χ4v) is 6.25. The van der Waals surface area contributed by atoms with Gasteiger partial charge in [0.05, 0.1) is 29.0 Å². The Balaban J connectivity index is 1.87. The number of nitrogens with one attached hydrogen (secondary N) is 2. The van der Waals surface area contributed by atoms with E-state index in [0.29, 0.717) is 26.2 Å². The van der Waals surface area contributed by atoms with E-state index < -0.39 is 13.3 Å². The van der Waals surface area contributed by atoms with Crippen LogP contribution in [-0.2, 0) is 15.6 Å². The number of nitrogens with zero attached hydrogens (tertiary/aromatic N) is 3. The summed E-state index contributed by atoms with van der Waals surface area (Å²) in [7, 11) is -2.69. The highest BCUT2D eigenvalue weighted by Gasteiger charge is 2.36. The molecule has 4 aromatic rings. The quantitative estimate of drug-likeness (QED) is 0.230. The Labute approximate surface area is 203 Å². The lowest BCUT2D eigenvalue weighted by atomic mass is 10.2. The van der Waals surface area contributed by atoms with E-state index in [4.69, 9.17) is 27.7 Å². The average molecular weight is 516 g/mol. The average Bonchev–Trinajstić information content (AvgIpc) is 3.21. The van der Waals surface area contributed by atoms with Gasteiger partial charge in [0.15, 0.2) is 0 Å². The van der Waals surface area contributed by atoms with E-state index in [1.54, 1.807) is 18.2 Å². The SMILES string of the molecule is COP(=O)(c1cc(Cl)cc(C#N)c1)c1c(C(=O)NCc2cnc[n+]([O-])c2)[nH]c2ccc(Cl)cc12. The highest BCUT2D eigenvalue weighted by Crippen LogP contribution is 2.47. The number of H-pyrrole nitrogens is 1. The van der Waals surface area contributed by atoms with Crippen molar-refractivity contribution in [3.05, 3.63) is 87.2 Å². The van der Waals surface area contributed by atoms with E-state index in [1.165, 1.54) is 37.7 Å². The molecule has 4 rings (SSSR count). The number of rotatable bonds is 6. The summed E-state index contributed by atoms with van der Waals surface area (Å²) in [6.45, 7) is -0.00248. The number of carbonyl (C=O) groups excluding carboxylic acids is 1. The Morgan fingerprint density at radius 1 is 1.29 bits per heavy atom. The molecule has 0 saturated heterocycles. The Morgan fingerprint density at radius 2 is 2.09 bits per heavy atom. The van der Waals surface area contributed by atoms with Crippen molar-refractivity contribution in [1.82, 2.24) is 15.3 Å². The van der Waals surface area contributed by atoms with Gasteiger partial charge >= 0.3 is 0 Å². The third-order valence-electron chi connectivity index (χ3n) is 5.03. The summed E-state index contributed by atoms with van der Waals surface area (Å²) in [4.78, 5) is 20.0. The van der Waals surface area contributed by atoms with E-state index in [2.05, 4.69) is 15.3 Å². The van der Waals surface area contributed by atoms with Gasteiger partial charge < -0.3 is 20.0 Å². The topological polar surface area (TPSA) is 135 Å². The second-order valence-electron chi connectivity index (χ2n) is 7.22. The molecule has 0 radical (unpaired) electrons. The van der Waals surface area contributed by atoms with Crippen LogP contribution in [-0.4, -0.2) is 23.0 Å². The van der Waals surface area contributed by atoms with Gasteiger partial charge in [0.1, 0.15) is 18.1 Å². The van der Waals surface area contributed by atoms with E-state index in [-0.39, 0.29) is 33.4 Å². The minimum atomic E-state index is -3.94. The molecule has 2 heterocycles. The maximum Gasteiger partial charge on any atom is 0.289 e. The van der Waals surface area contributed by atoms with Crippen molar-refractivity contribution in [2.75, 3.05) is 7.11 Å². The van der Waals surface area contributed by atoms with Crippen LogP contribution in [0.3, 0.4) is 0 Å². The van der Waals surface area contributed by atoms with Gasteiger partial charge in [-0.3, -0.25) is 9.36 Å². The molecule has 0 aliphatic heterocycles. The molecule has 0 saturated carbocycles. The number of benzene rings is 2. The van der Waals surface area contributed by atoms with E-state index in [9.17, 15) is 19.8 Å². The minimum absolute atomic E-state index is 0.00248. The van der Waals surface area contributed by atoms with Gasteiger partial charge in [-0.1, -0.05) is 28.2 Å². The molecule has 172 valence electrons. The largest absolute Gasteiger partial charge is 0.711 e. The molecule has 2 N–H and O–H groups in total. The van der Waals surface area contributed by atoms with Crippen molar-refractivity contribution in [2.45, 2.75) is 6.54 Å². The van der Waals surface area contributed by atoms with Crippen molar-refractivity contribution in [2.24, 2.45) is 0 Å². The molecule has 2 aromatic heterocycles. The van der Waals surface area contributed by atoms with Gasteiger partial charge in [0.25, 0.3) is 19.6 Å². The summed E-state index contributed by atoms with van der Waals surface area (Å²) >= 11 is 12.4. The van der Waals surface area contributed by atoms with Crippen LogP contribution in [0, 0.1) is 16.5 Å². The Hall–Kier alpha value is -3.41. The molecule has 34 heavy (non-hydrogen) atoms. The number of halogens is 2. The van der Waals surface area contributed by atoms with Crippen LogP contribution in [0.25, 0.3) is 10.9 Å². The summed E-state index contributed by atoms with van der Waals surface area (Å²) in [5.74, 6) is -0.594. The van der Waals surface area contributed by atoms with Crippen molar-refractivity contribution < 1.29 is 18.6 Å². The Kier molecular flexibility index (Phi) is 6.60. The zero-order valence-corrected chi connectivity index (χ0v) is 20.0. The maximum absolute atomic E-state index is 14.3. The number of hydrogen-bond acceptors (Lipinski definition) is 6. The number of nitriles is 1. The van der Waals surface area contributed by atoms with E-state index >= 15 is 0 Å². The first kappa shape index (κ1) is 23.7. The normalized spacial score (nSPS) is 12.8. The zero-order chi connectivity index (χ0) is 24.5. The van der Waals surface area contributed by atoms with Crippen LogP contribution in [0.2, 0.25) is 10.0 Å². The smallest absolute Gasteiger partial charge is 0.289 e. The fourth-order valence-electron chi connectivity index (χ4n) is 3.54. The molecule has 9 nitrogen and oxygen atoms in total. The number of aromatic amines is 1. The lowest BCUT2D eigenvalue weighted by Crippen LogP contribution is -2.32. The number of aromatic nitrogens is 3. The molecule has 0 aliphatic carbocycles. The van der Waals surface area contributed by atoms with Crippen molar-refractivity contribution in [3.63, 3.8) is 0 Å². The molecular formula is C22H16Cl2N5O4P. The van der Waals surface area contributed by atoms with Gasteiger partial charge in [-0.15, -0.1) is 0 Å². The predicted octanol–water partition coefficient (Wildman–Crippen LogP) is 3.18. The van der Waals surface area contributed by atoms with Crippen LogP contribution in [0.1, 0.15) is 21.6 Å². The second kappa shape index (κ2) is 9.45. The van der Waals surface area contributed by atoms with Gasteiger partial charge in [0, 0.05) is 33.4 Å². The molecule has 0 bridgehead atoms. The molecule has 12 heteroatoms. The third kappa shape index (κ3) is 4.49. The van der Waals surface area contributed by atoms with Crippen LogP contribution in [0.4, 0.5) is 0 Å². The molecular weight excluding hydrogens is 500 g/mol. The highest BCUT2D eigenvalue weighted by molar-refractivity contribution is 7.75. The highest BCUT2D eigenvalue weighted by atomic mass is 35.5. The van der Waals surface area contributed by atoms with E-state index in [0.717, 1.165) is 6.33 Å². The number of fused-ring (bicyclic) bond motifs is 1. The van der Waals surface area contributed by atoms with Crippen LogP contribution < -0.4 is 20.7 Å². The first-order chi connectivity index (χ1) is 16.2. The fraction of sp³-hybridized carbons (Fsp3) is 0.0909. The molecule has 1 unspecified atom stereocenters. The van der Waals surface area contributed by atoms with Crippen molar-refractivity contribution >= 4 is 58.0 Å². The van der Waals surface area contributed by atoms with Gasteiger partial charge in [-0.25, -0.2) is 4.73 Å². The molecule has 1 atom stereocenters. The minimum Gasteiger partial charge on any atom is -0.711 e. The van der Waals surface area contributed by atoms with Crippen LogP contribution >= 0.6 is 30.6 Å². The van der Waals surface area contributed by atoms with Crippen LogP contribution in [0.15, 0.2) is 55.1 Å². The first-order valence-electron chi connectivity index (χ1n) is 9.75. The third-order valence-corrected chi connectivity index (χ3v) is 7.99. The van der Waals surface area contributed by atoms with Gasteiger partial charge in [-0.05, 0) is 36.4 Å². The number of carbonyl (C=O) groups is 1. The first-order valence-corrected chi connectivity index (χ1v) is 12.1. The zero-order valence-electron chi connectivity index (χ0n) is 17.6. The van der Waals surface area contributed by atoms with Crippen LogP contribution in [0.5, 0.6) is 0 Å². The standard InChI is InChI=1S/C22H16Cl2N5O4P/c1-33-34(32,17-5-13(8-25)4-16(24)6-17)21-18-7-15(23)2-3-19(18)28-20(21)22(30)27-10-14-9-26-12-29(31)11-14/h2-7,9,11-12,28H,10H2,1H3,(H,27,30). The molecule has 0 aliphatic rings. The van der Waals surface area contributed by atoms with Crippen molar-refractivity contribution in [1.29, 1.82) is 5.26 Å². The van der Waals surface area contributed by atoms with Crippen molar-refractivity contribution in [3.8, 4) is 6.07 Å². The predicted molar refractivity (Wildman–Crippen MR) is 128 cm³/mol. The molecule has 2 aromatic carbocycles. The number of hydrogen-bond donors (Lipinski definition) is 2. The molecule has 0 fully saturated rings. The second-order valence-corrected chi connectivity index (χ2v) is 10.5. The summed E-state index contributed by atoms with van der Waals surface area (Å²) in [6.07, 6.45) is 3.80. The van der Waals surface area contributed by atoms with Gasteiger partial charge in [0.2, 0.25) is 0 Å². The lowest BCUT2D eigenvalue weighted by Gasteiger charge is -2.18. The maximum atomic E-state index is 14.3. The number of amides is 1.